The molecule has 1 aromatic carbocycles. The molecule has 0 saturated carbocycles. The van der Waals surface area contributed by atoms with Gasteiger partial charge in [0.15, 0.2) is 0 Å². The molecule has 8 nitrogen and oxygen atoms in total. The van der Waals surface area contributed by atoms with Crippen LogP contribution < -0.4 is 10.2 Å². The van der Waals surface area contributed by atoms with Gasteiger partial charge in [-0.3, -0.25) is 4.79 Å². The number of nitrogens with zero attached hydrogens (tertiary/aromatic N) is 2. The molecule has 9 heteroatoms. The van der Waals surface area contributed by atoms with Crippen molar-refractivity contribution in [3.05, 3.63) is 35.3 Å². The van der Waals surface area contributed by atoms with Gasteiger partial charge in [-0.2, -0.15) is 0 Å². The molecule has 1 amide bonds. The van der Waals surface area contributed by atoms with Crippen LogP contribution in [0.4, 0.5) is 15.8 Å². The molecule has 1 atom stereocenters. The van der Waals surface area contributed by atoms with E-state index in [1.165, 1.54) is 24.1 Å². The maximum atomic E-state index is 14.5. The first-order valence-corrected chi connectivity index (χ1v) is 8.66. The van der Waals surface area contributed by atoms with Crippen molar-refractivity contribution in [1.29, 1.82) is 0 Å². The highest BCUT2D eigenvalue weighted by atomic mass is 19.1. The van der Waals surface area contributed by atoms with Crippen molar-refractivity contribution in [1.82, 2.24) is 4.90 Å². The molecule has 0 radical (unpaired) electrons. The van der Waals surface area contributed by atoms with E-state index in [1.54, 1.807) is 11.0 Å². The first kappa shape index (κ1) is 19.1. The Balaban J connectivity index is 1.96. The van der Waals surface area contributed by atoms with Crippen molar-refractivity contribution >= 4 is 23.3 Å². The van der Waals surface area contributed by atoms with Gasteiger partial charge in [0.2, 0.25) is 0 Å². The number of halogens is 1. The summed E-state index contributed by atoms with van der Waals surface area (Å²) in [6.07, 6.45) is -0.0249. The lowest BCUT2D eigenvalue weighted by Gasteiger charge is -2.23. The smallest absolute Gasteiger partial charge is 0.337 e. The van der Waals surface area contributed by atoms with Crippen LogP contribution in [0.15, 0.2) is 29.5 Å². The third kappa shape index (κ3) is 3.74. The quantitative estimate of drug-likeness (QED) is 0.601. The van der Waals surface area contributed by atoms with Gasteiger partial charge in [-0.05, 0) is 18.6 Å². The minimum absolute atomic E-state index is 0.00147. The Morgan fingerprint density at radius 1 is 1.44 bits per heavy atom. The van der Waals surface area contributed by atoms with Gasteiger partial charge >= 0.3 is 5.97 Å². The molecular formula is C18H22FN3O5. The number of hydrogen-bond donors (Lipinski definition) is 3. The van der Waals surface area contributed by atoms with Gasteiger partial charge in [0.25, 0.3) is 5.91 Å². The lowest BCUT2D eigenvalue weighted by molar-refractivity contribution is -0.136. The molecule has 1 fully saturated rings. The first-order chi connectivity index (χ1) is 13.0. The fourth-order valence-corrected chi connectivity index (χ4v) is 3.37. The summed E-state index contributed by atoms with van der Waals surface area (Å²) in [6, 6.07) is 4.40. The number of rotatable bonds is 6. The molecule has 1 unspecified atom stereocenters. The zero-order chi connectivity index (χ0) is 19.6. The number of aliphatic hydroxyl groups excluding tert-OH is 2. The van der Waals surface area contributed by atoms with E-state index in [4.69, 9.17) is 9.84 Å². The highest BCUT2D eigenvalue weighted by molar-refractivity contribution is 6.09. The van der Waals surface area contributed by atoms with Crippen LogP contribution in [-0.4, -0.2) is 73.0 Å². The molecule has 2 heterocycles. The number of para-hydroxylation sites is 1. The van der Waals surface area contributed by atoms with Gasteiger partial charge in [-0.25, -0.2) is 9.18 Å². The molecule has 27 heavy (non-hydrogen) atoms. The minimum Gasteiger partial charge on any atom is -0.466 e. The number of methoxy groups -OCH3 is 1. The number of esters is 1. The summed E-state index contributed by atoms with van der Waals surface area (Å²) in [5, 5.41) is 21.8. The lowest BCUT2D eigenvalue weighted by atomic mass is 10.2. The van der Waals surface area contributed by atoms with Crippen LogP contribution in [0.3, 0.4) is 0 Å². The van der Waals surface area contributed by atoms with Gasteiger partial charge in [-0.1, -0.05) is 6.07 Å². The Kier molecular flexibility index (Phi) is 5.62. The van der Waals surface area contributed by atoms with Gasteiger partial charge in [0.05, 0.1) is 43.3 Å². The molecular weight excluding hydrogens is 357 g/mol. The molecule has 2 aliphatic rings. The van der Waals surface area contributed by atoms with E-state index >= 15 is 0 Å². The predicted octanol–water partition coefficient (Wildman–Crippen LogP) is 0.0702. The van der Waals surface area contributed by atoms with Crippen LogP contribution in [0.25, 0.3) is 0 Å². The fraction of sp³-hybridized carbons (Fsp3) is 0.444. The standard InChI is InChI=1S/C18H22FN3O5/c1-27-18(26)12-10-22(7-8-23)17(25)15(12)20-14-4-2-3-13(19)16(14)21-6-5-11(24)9-21/h2-4,11,20,23-24H,5-10H2,1H3. The van der Waals surface area contributed by atoms with Gasteiger partial charge in [0, 0.05) is 19.6 Å². The third-order valence-corrected chi connectivity index (χ3v) is 4.68. The average molecular weight is 379 g/mol. The molecule has 3 N–H and O–H groups in total. The van der Waals surface area contributed by atoms with Crippen molar-refractivity contribution in [3.8, 4) is 0 Å². The second-order valence-corrected chi connectivity index (χ2v) is 6.44. The zero-order valence-corrected chi connectivity index (χ0v) is 14.9. The number of anilines is 2. The van der Waals surface area contributed by atoms with Gasteiger partial charge in [-0.15, -0.1) is 0 Å². The van der Waals surface area contributed by atoms with Crippen molar-refractivity contribution in [2.45, 2.75) is 12.5 Å². The van der Waals surface area contributed by atoms with E-state index in [9.17, 15) is 19.1 Å². The Labute approximate surface area is 155 Å². The van der Waals surface area contributed by atoms with Crippen LogP contribution in [0.2, 0.25) is 0 Å². The SMILES string of the molecule is COC(=O)C1=C(Nc2cccc(F)c2N2CCC(O)C2)C(=O)N(CCO)C1. The van der Waals surface area contributed by atoms with E-state index < -0.39 is 23.8 Å². The number of benzene rings is 1. The summed E-state index contributed by atoms with van der Waals surface area (Å²) in [5.74, 6) is -1.63. The number of hydrogen-bond acceptors (Lipinski definition) is 7. The molecule has 146 valence electrons. The summed E-state index contributed by atoms with van der Waals surface area (Å²) in [7, 11) is 1.21. The summed E-state index contributed by atoms with van der Waals surface area (Å²) in [5.41, 5.74) is 0.674. The van der Waals surface area contributed by atoms with Crippen molar-refractivity contribution in [2.75, 3.05) is 50.1 Å². The van der Waals surface area contributed by atoms with E-state index in [2.05, 4.69) is 5.32 Å². The number of ether oxygens (including phenoxy) is 1. The largest absolute Gasteiger partial charge is 0.466 e. The molecule has 3 rings (SSSR count). The summed E-state index contributed by atoms with van der Waals surface area (Å²) < 4.78 is 19.3. The summed E-state index contributed by atoms with van der Waals surface area (Å²) >= 11 is 0. The highest BCUT2D eigenvalue weighted by Gasteiger charge is 2.35. The number of carbonyl (C=O) groups excluding carboxylic acids is 2. The fourth-order valence-electron chi connectivity index (χ4n) is 3.37. The molecule has 0 aliphatic carbocycles. The number of amides is 1. The number of aliphatic hydroxyl groups is 2. The molecule has 2 aliphatic heterocycles. The highest BCUT2D eigenvalue weighted by Crippen LogP contribution is 2.34. The zero-order valence-electron chi connectivity index (χ0n) is 14.9. The Bertz CT molecular complexity index is 782. The monoisotopic (exact) mass is 379 g/mol. The van der Waals surface area contributed by atoms with E-state index in [0.717, 1.165) is 0 Å². The maximum Gasteiger partial charge on any atom is 0.337 e. The van der Waals surface area contributed by atoms with Crippen molar-refractivity contribution < 1.29 is 28.9 Å². The van der Waals surface area contributed by atoms with Gasteiger partial charge < -0.3 is 30.1 Å². The Hall–Kier alpha value is -2.65. The molecule has 0 bridgehead atoms. The van der Waals surface area contributed by atoms with E-state index in [0.29, 0.717) is 18.7 Å². The van der Waals surface area contributed by atoms with Crippen molar-refractivity contribution in [3.63, 3.8) is 0 Å². The Morgan fingerprint density at radius 3 is 2.85 bits per heavy atom. The molecule has 0 aromatic heterocycles. The van der Waals surface area contributed by atoms with E-state index in [-0.39, 0.29) is 43.2 Å². The third-order valence-electron chi connectivity index (χ3n) is 4.68. The van der Waals surface area contributed by atoms with Crippen LogP contribution in [0.5, 0.6) is 0 Å². The summed E-state index contributed by atoms with van der Waals surface area (Å²) in [4.78, 5) is 27.7. The topological polar surface area (TPSA) is 102 Å². The lowest BCUT2D eigenvalue weighted by Crippen LogP contribution is -2.31. The van der Waals surface area contributed by atoms with E-state index in [1.807, 2.05) is 0 Å². The Morgan fingerprint density at radius 2 is 2.22 bits per heavy atom. The second-order valence-electron chi connectivity index (χ2n) is 6.44. The normalized spacial score (nSPS) is 19.9. The van der Waals surface area contributed by atoms with Crippen LogP contribution in [0, 0.1) is 5.82 Å². The number of nitrogens with one attached hydrogen (secondary N) is 1. The molecule has 0 spiro atoms. The predicted molar refractivity (Wildman–Crippen MR) is 95.6 cm³/mol. The van der Waals surface area contributed by atoms with Crippen LogP contribution in [0.1, 0.15) is 6.42 Å². The summed E-state index contributed by atoms with van der Waals surface area (Å²) in [6.45, 7) is 0.581. The first-order valence-electron chi connectivity index (χ1n) is 8.66. The van der Waals surface area contributed by atoms with Crippen LogP contribution >= 0.6 is 0 Å². The average Bonchev–Trinajstić information content (AvgIpc) is 3.20. The van der Waals surface area contributed by atoms with Gasteiger partial charge in [0.1, 0.15) is 11.5 Å². The number of β-amino-alcohol motifs (C(OH)–C–C–N with tert-alkyl or cyclic N) is 2. The van der Waals surface area contributed by atoms with Crippen molar-refractivity contribution in [2.24, 2.45) is 0 Å². The molecule has 1 saturated heterocycles. The van der Waals surface area contributed by atoms with Crippen LogP contribution in [-0.2, 0) is 14.3 Å². The maximum absolute atomic E-state index is 14.5. The minimum atomic E-state index is -0.666. The second kappa shape index (κ2) is 7.93. The molecule has 1 aromatic rings. The number of carbonyl (C=O) groups is 2.